The van der Waals surface area contributed by atoms with Gasteiger partial charge < -0.3 is 20.5 Å². The Morgan fingerprint density at radius 2 is 1.69 bits per heavy atom. The summed E-state index contributed by atoms with van der Waals surface area (Å²) in [5, 5.41) is 15.4. The third-order valence-corrected chi connectivity index (χ3v) is 7.71. The Kier molecular flexibility index (Phi) is 7.43. The summed E-state index contributed by atoms with van der Waals surface area (Å²) in [7, 11) is 0. The molecule has 3 atom stereocenters. The number of aliphatic carboxylic acids is 1. The number of hydrogen-bond donors (Lipinski definition) is 3. The van der Waals surface area contributed by atoms with E-state index in [1.54, 1.807) is 6.92 Å². The van der Waals surface area contributed by atoms with E-state index in [1.807, 2.05) is 31.2 Å². The second-order valence-electron chi connectivity index (χ2n) is 9.84. The van der Waals surface area contributed by atoms with Gasteiger partial charge in [0.2, 0.25) is 5.91 Å². The highest BCUT2D eigenvalue weighted by atomic mass is 16.5. The topological polar surface area (TPSA) is 105 Å². The highest BCUT2D eigenvalue weighted by Crippen LogP contribution is 2.44. The lowest BCUT2D eigenvalue weighted by Gasteiger charge is -2.39. The molecule has 2 amide bonds. The van der Waals surface area contributed by atoms with Crippen molar-refractivity contribution in [2.75, 3.05) is 13.2 Å². The molecule has 0 aromatic heterocycles. The molecule has 2 aromatic carbocycles. The van der Waals surface area contributed by atoms with Crippen molar-refractivity contribution in [3.05, 3.63) is 59.7 Å². The zero-order chi connectivity index (χ0) is 25.0. The fraction of sp³-hybridized carbons (Fsp3) is 0.464. The SMILES string of the molecule is CCC(CNC(=O)OCC1c2ccccc2-c2ccccc21)C(=O)NC1CCCCC1(C)C(=O)O. The fourth-order valence-electron chi connectivity index (χ4n) is 5.39. The summed E-state index contributed by atoms with van der Waals surface area (Å²) in [6.45, 7) is 3.92. The van der Waals surface area contributed by atoms with Gasteiger partial charge in [0.25, 0.3) is 0 Å². The molecule has 2 aliphatic carbocycles. The van der Waals surface area contributed by atoms with Crippen LogP contribution in [0.15, 0.2) is 48.5 Å². The minimum absolute atomic E-state index is 0.0292. The summed E-state index contributed by atoms with van der Waals surface area (Å²) in [5.41, 5.74) is 3.64. The first kappa shape index (κ1) is 24.8. The number of alkyl carbamates (subject to hydrolysis) is 1. The lowest BCUT2D eigenvalue weighted by Crippen LogP contribution is -2.54. The van der Waals surface area contributed by atoms with Crippen LogP contribution in [0.5, 0.6) is 0 Å². The van der Waals surface area contributed by atoms with E-state index in [-0.39, 0.29) is 25.0 Å². The number of carboxylic acids is 1. The van der Waals surface area contributed by atoms with Crippen LogP contribution in [-0.4, -0.2) is 42.3 Å². The monoisotopic (exact) mass is 478 g/mol. The standard InChI is InChI=1S/C28H34N2O5/c1-3-18(25(31)30-24-14-8-9-15-28(24,2)26(32)33)16-29-27(34)35-17-23-21-12-6-4-10-19(21)20-11-5-7-13-22(20)23/h4-7,10-13,18,23-24H,3,8-9,14-17H2,1-2H3,(H,29,34)(H,30,31)(H,32,33). The van der Waals surface area contributed by atoms with Crippen LogP contribution < -0.4 is 10.6 Å². The minimum Gasteiger partial charge on any atom is -0.481 e. The van der Waals surface area contributed by atoms with E-state index < -0.39 is 29.4 Å². The molecule has 0 heterocycles. The average Bonchev–Trinajstić information content (AvgIpc) is 3.18. The summed E-state index contributed by atoms with van der Waals surface area (Å²) >= 11 is 0. The molecule has 0 saturated heterocycles. The van der Waals surface area contributed by atoms with Crippen molar-refractivity contribution in [3.8, 4) is 11.1 Å². The zero-order valence-corrected chi connectivity index (χ0v) is 20.4. The quantitative estimate of drug-likeness (QED) is 0.510. The lowest BCUT2D eigenvalue weighted by molar-refractivity contribution is -0.152. The van der Waals surface area contributed by atoms with Crippen molar-refractivity contribution in [3.63, 3.8) is 0 Å². The first-order chi connectivity index (χ1) is 16.8. The van der Waals surface area contributed by atoms with Crippen molar-refractivity contribution in [2.45, 2.75) is 57.9 Å². The van der Waals surface area contributed by atoms with Crippen LogP contribution in [0, 0.1) is 11.3 Å². The second-order valence-corrected chi connectivity index (χ2v) is 9.84. The van der Waals surface area contributed by atoms with Gasteiger partial charge in [-0.15, -0.1) is 0 Å². The second kappa shape index (κ2) is 10.5. The lowest BCUT2D eigenvalue weighted by atomic mass is 9.71. The van der Waals surface area contributed by atoms with Crippen LogP contribution in [0.1, 0.15) is 63.0 Å². The molecule has 0 radical (unpaired) electrons. The van der Waals surface area contributed by atoms with E-state index in [0.717, 1.165) is 35.1 Å². The molecule has 7 nitrogen and oxygen atoms in total. The van der Waals surface area contributed by atoms with Gasteiger partial charge in [-0.3, -0.25) is 9.59 Å². The number of ether oxygens (including phenoxy) is 1. The van der Waals surface area contributed by atoms with Gasteiger partial charge in [0.15, 0.2) is 0 Å². The summed E-state index contributed by atoms with van der Waals surface area (Å²) < 4.78 is 5.57. The Hall–Kier alpha value is -3.35. The molecular weight excluding hydrogens is 444 g/mol. The van der Waals surface area contributed by atoms with E-state index >= 15 is 0 Å². The first-order valence-electron chi connectivity index (χ1n) is 12.5. The predicted octanol–water partition coefficient (Wildman–Crippen LogP) is 4.70. The Morgan fingerprint density at radius 1 is 1.06 bits per heavy atom. The van der Waals surface area contributed by atoms with Gasteiger partial charge in [-0.25, -0.2) is 4.79 Å². The number of carbonyl (C=O) groups excluding carboxylic acids is 2. The van der Waals surface area contributed by atoms with E-state index in [2.05, 4.69) is 34.9 Å². The van der Waals surface area contributed by atoms with Crippen molar-refractivity contribution >= 4 is 18.0 Å². The van der Waals surface area contributed by atoms with Crippen molar-refractivity contribution < 1.29 is 24.2 Å². The van der Waals surface area contributed by atoms with Crippen LogP contribution in [0.2, 0.25) is 0 Å². The molecule has 2 aromatic rings. The summed E-state index contributed by atoms with van der Waals surface area (Å²) in [4.78, 5) is 37.2. The number of rotatable bonds is 8. The number of carbonyl (C=O) groups is 3. The smallest absolute Gasteiger partial charge is 0.407 e. The summed E-state index contributed by atoms with van der Waals surface area (Å²) in [6, 6.07) is 15.9. The summed E-state index contributed by atoms with van der Waals surface area (Å²) in [5.74, 6) is -1.60. The van der Waals surface area contributed by atoms with Crippen molar-refractivity contribution in [1.29, 1.82) is 0 Å². The number of fused-ring (bicyclic) bond motifs is 3. The average molecular weight is 479 g/mol. The first-order valence-corrected chi connectivity index (χ1v) is 12.5. The van der Waals surface area contributed by atoms with Crippen LogP contribution in [0.4, 0.5) is 4.79 Å². The summed E-state index contributed by atoms with van der Waals surface area (Å²) in [6.07, 6.45) is 2.88. The number of carboxylic acid groups (broad SMARTS) is 1. The third-order valence-electron chi connectivity index (χ3n) is 7.71. The predicted molar refractivity (Wildman–Crippen MR) is 133 cm³/mol. The van der Waals surface area contributed by atoms with Gasteiger partial charge in [-0.1, -0.05) is 68.3 Å². The molecule has 3 unspecified atom stereocenters. The van der Waals surface area contributed by atoms with Crippen LogP contribution in [0.3, 0.4) is 0 Å². The maximum atomic E-state index is 12.9. The molecule has 2 aliphatic rings. The molecule has 0 aliphatic heterocycles. The van der Waals surface area contributed by atoms with Crippen LogP contribution in [0.25, 0.3) is 11.1 Å². The Labute approximate surface area is 206 Å². The van der Waals surface area contributed by atoms with E-state index in [9.17, 15) is 19.5 Å². The van der Waals surface area contributed by atoms with Gasteiger partial charge >= 0.3 is 12.1 Å². The van der Waals surface area contributed by atoms with Gasteiger partial charge in [0.1, 0.15) is 6.61 Å². The Morgan fingerprint density at radius 3 is 2.29 bits per heavy atom. The molecule has 35 heavy (non-hydrogen) atoms. The number of amides is 2. The molecule has 7 heteroatoms. The molecule has 186 valence electrons. The molecule has 1 fully saturated rings. The van der Waals surface area contributed by atoms with Gasteiger partial charge in [0.05, 0.1) is 11.3 Å². The molecule has 4 rings (SSSR count). The molecule has 0 bridgehead atoms. The van der Waals surface area contributed by atoms with Crippen molar-refractivity contribution in [1.82, 2.24) is 10.6 Å². The Bertz CT molecular complexity index is 1050. The highest BCUT2D eigenvalue weighted by Gasteiger charge is 2.44. The van der Waals surface area contributed by atoms with Gasteiger partial charge in [-0.2, -0.15) is 0 Å². The normalized spacial score (nSPS) is 21.9. The van der Waals surface area contributed by atoms with Gasteiger partial charge in [-0.05, 0) is 48.4 Å². The highest BCUT2D eigenvalue weighted by molar-refractivity contribution is 5.82. The van der Waals surface area contributed by atoms with E-state index in [1.165, 1.54) is 0 Å². The zero-order valence-electron chi connectivity index (χ0n) is 20.4. The molecule has 0 spiro atoms. The molecule has 1 saturated carbocycles. The Balaban J connectivity index is 1.32. The van der Waals surface area contributed by atoms with Crippen molar-refractivity contribution in [2.24, 2.45) is 11.3 Å². The number of benzene rings is 2. The van der Waals surface area contributed by atoms with Crippen LogP contribution >= 0.6 is 0 Å². The van der Waals surface area contributed by atoms with E-state index in [0.29, 0.717) is 19.3 Å². The van der Waals surface area contributed by atoms with E-state index in [4.69, 9.17) is 4.74 Å². The largest absolute Gasteiger partial charge is 0.481 e. The minimum atomic E-state index is -0.966. The third kappa shape index (κ3) is 5.04. The fourth-order valence-corrected chi connectivity index (χ4v) is 5.39. The van der Waals surface area contributed by atoms with Crippen LogP contribution in [-0.2, 0) is 14.3 Å². The maximum Gasteiger partial charge on any atom is 0.407 e. The number of hydrogen-bond acceptors (Lipinski definition) is 4. The van der Waals surface area contributed by atoms with Gasteiger partial charge in [0, 0.05) is 18.5 Å². The number of nitrogens with one attached hydrogen (secondary N) is 2. The molecular formula is C28H34N2O5. The maximum absolute atomic E-state index is 12.9. The molecule has 3 N–H and O–H groups in total.